The summed E-state index contributed by atoms with van der Waals surface area (Å²) in [6, 6.07) is 7.32. The van der Waals surface area contributed by atoms with Crippen molar-refractivity contribution in [2.75, 3.05) is 37.8 Å². The van der Waals surface area contributed by atoms with Gasteiger partial charge in [-0.1, -0.05) is 13.8 Å². The molecule has 0 saturated carbocycles. The molecule has 100 valence electrons. The normalized spacial score (nSPS) is 11.0. The molecular weight excluding hydrogens is 226 g/mol. The van der Waals surface area contributed by atoms with Gasteiger partial charge in [-0.2, -0.15) is 0 Å². The largest absolute Gasteiger partial charge is 0.399 e. The molecule has 0 radical (unpaired) electrons. The summed E-state index contributed by atoms with van der Waals surface area (Å²) in [6.45, 7) is 5.63. The van der Waals surface area contributed by atoms with E-state index in [9.17, 15) is 4.79 Å². The summed E-state index contributed by atoms with van der Waals surface area (Å²) in [5.74, 6) is 0.646. The molecule has 0 atom stereocenters. The van der Waals surface area contributed by atoms with Crippen molar-refractivity contribution in [3.8, 4) is 0 Å². The summed E-state index contributed by atoms with van der Waals surface area (Å²) < 4.78 is 0. The van der Waals surface area contributed by atoms with Crippen LogP contribution in [-0.4, -0.2) is 38.0 Å². The first kappa shape index (κ1) is 14.5. The number of amides is 1. The monoisotopic (exact) mass is 249 g/mol. The van der Waals surface area contributed by atoms with Gasteiger partial charge in [0.2, 0.25) is 5.91 Å². The van der Waals surface area contributed by atoms with Crippen molar-refractivity contribution in [2.24, 2.45) is 5.92 Å². The molecule has 0 unspecified atom stereocenters. The summed E-state index contributed by atoms with van der Waals surface area (Å²) in [4.78, 5) is 15.8. The van der Waals surface area contributed by atoms with E-state index in [0.717, 1.165) is 12.2 Å². The number of likely N-dealkylation sites (N-methyl/N-ethyl adjacent to an activating group) is 2. The molecule has 0 fully saturated rings. The van der Waals surface area contributed by atoms with Crippen molar-refractivity contribution in [1.29, 1.82) is 0 Å². The van der Waals surface area contributed by atoms with Crippen molar-refractivity contribution < 1.29 is 4.79 Å². The number of hydrogen-bond acceptors (Lipinski definition) is 3. The summed E-state index contributed by atoms with van der Waals surface area (Å²) in [5, 5.41) is 0. The molecule has 0 aromatic heterocycles. The molecule has 4 heteroatoms. The Morgan fingerprint density at radius 1 is 1.22 bits per heavy atom. The molecule has 0 aliphatic rings. The highest BCUT2D eigenvalue weighted by molar-refractivity contribution is 5.94. The number of carbonyl (C=O) groups excluding carboxylic acids is 1. The highest BCUT2D eigenvalue weighted by Crippen LogP contribution is 2.15. The van der Waals surface area contributed by atoms with Gasteiger partial charge in [-0.25, -0.2) is 0 Å². The molecule has 1 aromatic rings. The highest BCUT2D eigenvalue weighted by Gasteiger charge is 2.13. The SMILES string of the molecule is CC(C)CN(C)CC(=O)N(C)c1ccc(N)cc1. The molecule has 1 amide bonds. The maximum Gasteiger partial charge on any atom is 0.240 e. The van der Waals surface area contributed by atoms with Gasteiger partial charge in [0.05, 0.1) is 6.54 Å². The second kappa shape index (κ2) is 6.40. The first-order valence-electron chi connectivity index (χ1n) is 6.20. The first-order valence-corrected chi connectivity index (χ1v) is 6.20. The van der Waals surface area contributed by atoms with E-state index in [0.29, 0.717) is 18.2 Å². The van der Waals surface area contributed by atoms with Gasteiger partial charge in [0.15, 0.2) is 0 Å². The van der Waals surface area contributed by atoms with Crippen LogP contribution in [-0.2, 0) is 4.79 Å². The molecular formula is C14H23N3O. The second-order valence-electron chi connectivity index (χ2n) is 5.13. The molecule has 0 saturated heterocycles. The van der Waals surface area contributed by atoms with Crippen molar-refractivity contribution in [1.82, 2.24) is 4.90 Å². The van der Waals surface area contributed by atoms with E-state index in [1.54, 1.807) is 24.1 Å². The maximum atomic E-state index is 12.1. The third-order valence-electron chi connectivity index (χ3n) is 2.74. The van der Waals surface area contributed by atoms with E-state index in [1.807, 2.05) is 24.1 Å². The van der Waals surface area contributed by atoms with Crippen molar-refractivity contribution in [2.45, 2.75) is 13.8 Å². The van der Waals surface area contributed by atoms with Crippen LogP contribution in [0.5, 0.6) is 0 Å². The quantitative estimate of drug-likeness (QED) is 0.810. The van der Waals surface area contributed by atoms with Crippen molar-refractivity contribution >= 4 is 17.3 Å². The number of benzene rings is 1. The first-order chi connectivity index (χ1) is 8.40. The van der Waals surface area contributed by atoms with Gasteiger partial charge in [0.25, 0.3) is 0 Å². The molecule has 0 bridgehead atoms. The van der Waals surface area contributed by atoms with Crippen LogP contribution in [0, 0.1) is 5.92 Å². The van der Waals surface area contributed by atoms with Crippen LogP contribution >= 0.6 is 0 Å². The van der Waals surface area contributed by atoms with E-state index in [4.69, 9.17) is 5.73 Å². The lowest BCUT2D eigenvalue weighted by Crippen LogP contribution is -2.38. The van der Waals surface area contributed by atoms with Gasteiger partial charge in [0, 0.05) is 25.0 Å². The second-order valence-corrected chi connectivity index (χ2v) is 5.13. The lowest BCUT2D eigenvalue weighted by molar-refractivity contribution is -0.119. The molecule has 1 rings (SSSR count). The van der Waals surface area contributed by atoms with Gasteiger partial charge < -0.3 is 10.6 Å². The van der Waals surface area contributed by atoms with E-state index in [2.05, 4.69) is 13.8 Å². The molecule has 0 spiro atoms. The number of nitrogens with zero attached hydrogens (tertiary/aromatic N) is 2. The predicted molar refractivity (Wildman–Crippen MR) is 76.6 cm³/mol. The Morgan fingerprint density at radius 3 is 2.28 bits per heavy atom. The van der Waals surface area contributed by atoms with E-state index in [1.165, 1.54) is 0 Å². The fourth-order valence-electron chi connectivity index (χ4n) is 1.87. The molecule has 4 nitrogen and oxygen atoms in total. The predicted octanol–water partition coefficient (Wildman–Crippen LogP) is 1.82. The number of rotatable bonds is 5. The van der Waals surface area contributed by atoms with Gasteiger partial charge >= 0.3 is 0 Å². The Hall–Kier alpha value is -1.55. The number of carbonyl (C=O) groups is 1. The van der Waals surface area contributed by atoms with Crippen LogP contribution < -0.4 is 10.6 Å². The number of nitrogens with two attached hydrogens (primary N) is 1. The van der Waals surface area contributed by atoms with Gasteiger partial charge in [-0.05, 0) is 37.2 Å². The zero-order chi connectivity index (χ0) is 13.7. The Balaban J connectivity index is 2.58. The summed E-state index contributed by atoms with van der Waals surface area (Å²) >= 11 is 0. The van der Waals surface area contributed by atoms with Crippen molar-refractivity contribution in [3.63, 3.8) is 0 Å². The highest BCUT2D eigenvalue weighted by atomic mass is 16.2. The Bertz CT molecular complexity index is 387. The van der Waals surface area contributed by atoms with Crippen molar-refractivity contribution in [3.05, 3.63) is 24.3 Å². The van der Waals surface area contributed by atoms with Crippen LogP contribution in [0.1, 0.15) is 13.8 Å². The molecule has 0 heterocycles. The van der Waals surface area contributed by atoms with Crippen LogP contribution in [0.2, 0.25) is 0 Å². The zero-order valence-corrected chi connectivity index (χ0v) is 11.7. The minimum absolute atomic E-state index is 0.0860. The fraction of sp³-hybridized carbons (Fsp3) is 0.500. The number of anilines is 2. The molecule has 0 aliphatic heterocycles. The fourth-order valence-corrected chi connectivity index (χ4v) is 1.87. The third-order valence-corrected chi connectivity index (χ3v) is 2.74. The average Bonchev–Trinajstić information content (AvgIpc) is 2.27. The maximum absolute atomic E-state index is 12.1. The van der Waals surface area contributed by atoms with Gasteiger partial charge in [-0.15, -0.1) is 0 Å². The lowest BCUT2D eigenvalue weighted by atomic mass is 10.2. The van der Waals surface area contributed by atoms with Crippen LogP contribution in [0.25, 0.3) is 0 Å². The molecule has 2 N–H and O–H groups in total. The third kappa shape index (κ3) is 4.37. The van der Waals surface area contributed by atoms with Gasteiger partial charge in [0.1, 0.15) is 0 Å². The molecule has 0 aliphatic carbocycles. The summed E-state index contributed by atoms with van der Waals surface area (Å²) in [6.07, 6.45) is 0. The van der Waals surface area contributed by atoms with Gasteiger partial charge in [-0.3, -0.25) is 9.69 Å². The minimum Gasteiger partial charge on any atom is -0.399 e. The minimum atomic E-state index is 0.0860. The average molecular weight is 249 g/mol. The zero-order valence-electron chi connectivity index (χ0n) is 11.7. The molecule has 18 heavy (non-hydrogen) atoms. The van der Waals surface area contributed by atoms with E-state index >= 15 is 0 Å². The van der Waals surface area contributed by atoms with Crippen LogP contribution in [0.4, 0.5) is 11.4 Å². The topological polar surface area (TPSA) is 49.6 Å². The smallest absolute Gasteiger partial charge is 0.240 e. The lowest BCUT2D eigenvalue weighted by Gasteiger charge is -2.23. The summed E-state index contributed by atoms with van der Waals surface area (Å²) in [5.41, 5.74) is 7.20. The summed E-state index contributed by atoms with van der Waals surface area (Å²) in [7, 11) is 3.76. The standard InChI is InChI=1S/C14H23N3O/c1-11(2)9-16(3)10-14(18)17(4)13-7-5-12(15)6-8-13/h5-8,11H,9-10,15H2,1-4H3. The molecule has 1 aromatic carbocycles. The number of hydrogen-bond donors (Lipinski definition) is 1. The Kier molecular flexibility index (Phi) is 5.16. The Morgan fingerprint density at radius 2 is 1.78 bits per heavy atom. The van der Waals surface area contributed by atoms with Crippen LogP contribution in [0.15, 0.2) is 24.3 Å². The van der Waals surface area contributed by atoms with E-state index in [-0.39, 0.29) is 5.91 Å². The number of nitrogen functional groups attached to an aromatic ring is 1. The Labute approximate surface area is 109 Å². The van der Waals surface area contributed by atoms with Crippen LogP contribution in [0.3, 0.4) is 0 Å². The van der Waals surface area contributed by atoms with E-state index < -0.39 is 0 Å².